The summed E-state index contributed by atoms with van der Waals surface area (Å²) < 4.78 is 5.65. The summed E-state index contributed by atoms with van der Waals surface area (Å²) in [6, 6.07) is 9.52. The number of amides is 1. The summed E-state index contributed by atoms with van der Waals surface area (Å²) in [6.07, 6.45) is 2.25. The third-order valence-electron chi connectivity index (χ3n) is 3.68. The zero-order chi connectivity index (χ0) is 14.6. The SMILES string of the molecule is CC1(C)CC(NC(=O)[C@H](N)Cc2ccccc2)CCO1. The molecule has 1 aromatic rings. The number of nitrogens with two attached hydrogens (primary N) is 1. The molecule has 1 unspecified atom stereocenters. The van der Waals surface area contributed by atoms with E-state index in [4.69, 9.17) is 10.5 Å². The number of hydrogen-bond acceptors (Lipinski definition) is 3. The van der Waals surface area contributed by atoms with Crippen LogP contribution in [-0.2, 0) is 16.0 Å². The van der Waals surface area contributed by atoms with Crippen molar-refractivity contribution in [1.29, 1.82) is 0 Å². The second kappa shape index (κ2) is 6.37. The van der Waals surface area contributed by atoms with Crippen molar-refractivity contribution in [2.75, 3.05) is 6.61 Å². The Kier molecular flexibility index (Phi) is 4.78. The van der Waals surface area contributed by atoms with Gasteiger partial charge in [0.05, 0.1) is 11.6 Å². The van der Waals surface area contributed by atoms with E-state index in [1.807, 2.05) is 30.3 Å². The van der Waals surface area contributed by atoms with E-state index in [0.29, 0.717) is 13.0 Å². The summed E-state index contributed by atoms with van der Waals surface area (Å²) in [5.74, 6) is -0.0726. The molecule has 110 valence electrons. The topological polar surface area (TPSA) is 64.4 Å². The van der Waals surface area contributed by atoms with E-state index >= 15 is 0 Å². The summed E-state index contributed by atoms with van der Waals surface area (Å²) in [5.41, 5.74) is 6.91. The average Bonchev–Trinajstić information content (AvgIpc) is 2.38. The summed E-state index contributed by atoms with van der Waals surface area (Å²) in [7, 11) is 0. The van der Waals surface area contributed by atoms with Crippen LogP contribution in [0.25, 0.3) is 0 Å². The summed E-state index contributed by atoms with van der Waals surface area (Å²) in [4.78, 5) is 12.1. The Morgan fingerprint density at radius 1 is 1.45 bits per heavy atom. The third kappa shape index (κ3) is 4.32. The van der Waals surface area contributed by atoms with E-state index < -0.39 is 6.04 Å². The van der Waals surface area contributed by atoms with Gasteiger partial charge >= 0.3 is 0 Å². The zero-order valence-corrected chi connectivity index (χ0v) is 12.3. The lowest BCUT2D eigenvalue weighted by molar-refractivity contribution is -0.125. The number of carbonyl (C=O) groups is 1. The van der Waals surface area contributed by atoms with Crippen LogP contribution in [0.15, 0.2) is 30.3 Å². The molecule has 3 N–H and O–H groups in total. The monoisotopic (exact) mass is 276 g/mol. The Morgan fingerprint density at radius 3 is 2.80 bits per heavy atom. The lowest BCUT2D eigenvalue weighted by Gasteiger charge is -2.36. The maximum absolute atomic E-state index is 12.1. The normalized spacial score (nSPS) is 23.1. The molecule has 1 heterocycles. The van der Waals surface area contributed by atoms with Gasteiger partial charge in [0.25, 0.3) is 0 Å². The third-order valence-corrected chi connectivity index (χ3v) is 3.68. The Balaban J connectivity index is 1.85. The highest BCUT2D eigenvalue weighted by atomic mass is 16.5. The van der Waals surface area contributed by atoms with Gasteiger partial charge in [-0.15, -0.1) is 0 Å². The lowest BCUT2D eigenvalue weighted by Crippen LogP contribution is -2.51. The number of rotatable bonds is 4. The first kappa shape index (κ1) is 15.0. The van der Waals surface area contributed by atoms with Gasteiger partial charge in [-0.25, -0.2) is 0 Å². The average molecular weight is 276 g/mol. The summed E-state index contributed by atoms with van der Waals surface area (Å²) in [6.45, 7) is 4.79. The molecule has 1 fully saturated rings. The van der Waals surface area contributed by atoms with Crippen LogP contribution in [0.4, 0.5) is 0 Å². The minimum absolute atomic E-state index is 0.0726. The molecule has 0 bridgehead atoms. The Labute approximate surface area is 120 Å². The van der Waals surface area contributed by atoms with Crippen molar-refractivity contribution in [2.24, 2.45) is 5.73 Å². The molecule has 0 aromatic heterocycles. The van der Waals surface area contributed by atoms with Crippen LogP contribution >= 0.6 is 0 Å². The first-order chi connectivity index (χ1) is 9.46. The van der Waals surface area contributed by atoms with E-state index in [1.54, 1.807) is 0 Å². The van der Waals surface area contributed by atoms with Gasteiger partial charge < -0.3 is 15.8 Å². The molecule has 1 aliphatic rings. The van der Waals surface area contributed by atoms with Crippen LogP contribution in [0.3, 0.4) is 0 Å². The second-order valence-electron chi connectivity index (χ2n) is 6.10. The second-order valence-corrected chi connectivity index (χ2v) is 6.10. The number of nitrogens with one attached hydrogen (secondary N) is 1. The van der Waals surface area contributed by atoms with Gasteiger partial charge in [0, 0.05) is 12.6 Å². The minimum Gasteiger partial charge on any atom is -0.375 e. The molecule has 1 aliphatic heterocycles. The molecular formula is C16H24N2O2. The standard InChI is InChI=1S/C16H24N2O2/c1-16(2)11-13(8-9-20-16)18-15(19)14(17)10-12-6-4-3-5-7-12/h3-7,13-14H,8-11,17H2,1-2H3,(H,18,19)/t13?,14-/m1/s1. The number of hydrogen-bond donors (Lipinski definition) is 2. The molecule has 4 nitrogen and oxygen atoms in total. The Morgan fingerprint density at radius 2 is 2.15 bits per heavy atom. The first-order valence-corrected chi connectivity index (χ1v) is 7.20. The van der Waals surface area contributed by atoms with Gasteiger partial charge in [0.2, 0.25) is 5.91 Å². The van der Waals surface area contributed by atoms with E-state index in [1.165, 1.54) is 0 Å². The summed E-state index contributed by atoms with van der Waals surface area (Å²) in [5, 5.41) is 3.05. The van der Waals surface area contributed by atoms with Gasteiger partial charge in [0.1, 0.15) is 0 Å². The Hall–Kier alpha value is -1.39. The fourth-order valence-electron chi connectivity index (χ4n) is 2.62. The molecule has 0 aliphatic carbocycles. The van der Waals surface area contributed by atoms with Crippen LogP contribution in [0.1, 0.15) is 32.3 Å². The van der Waals surface area contributed by atoms with Crippen LogP contribution in [0, 0.1) is 0 Å². The highest BCUT2D eigenvalue weighted by Crippen LogP contribution is 2.23. The van der Waals surface area contributed by atoms with Crippen molar-refractivity contribution >= 4 is 5.91 Å². The minimum atomic E-state index is -0.497. The van der Waals surface area contributed by atoms with E-state index in [2.05, 4.69) is 19.2 Å². The highest BCUT2D eigenvalue weighted by molar-refractivity contribution is 5.82. The number of ether oxygens (including phenoxy) is 1. The fraction of sp³-hybridized carbons (Fsp3) is 0.562. The number of carbonyl (C=O) groups excluding carboxylic acids is 1. The lowest BCUT2D eigenvalue weighted by atomic mass is 9.93. The highest BCUT2D eigenvalue weighted by Gasteiger charge is 2.30. The van der Waals surface area contributed by atoms with Crippen molar-refractivity contribution in [3.8, 4) is 0 Å². The van der Waals surface area contributed by atoms with Crippen LogP contribution in [0.2, 0.25) is 0 Å². The van der Waals surface area contributed by atoms with Crippen molar-refractivity contribution in [3.63, 3.8) is 0 Å². The van der Waals surface area contributed by atoms with Crippen molar-refractivity contribution in [1.82, 2.24) is 5.32 Å². The van der Waals surface area contributed by atoms with E-state index in [0.717, 1.165) is 18.4 Å². The first-order valence-electron chi connectivity index (χ1n) is 7.20. The van der Waals surface area contributed by atoms with Gasteiger partial charge in [-0.1, -0.05) is 30.3 Å². The Bertz CT molecular complexity index is 445. The maximum atomic E-state index is 12.1. The van der Waals surface area contributed by atoms with Gasteiger partial charge in [0.15, 0.2) is 0 Å². The molecule has 1 amide bonds. The molecule has 1 saturated heterocycles. The summed E-state index contributed by atoms with van der Waals surface area (Å²) >= 11 is 0. The predicted molar refractivity (Wildman–Crippen MR) is 79.3 cm³/mol. The fourth-order valence-corrected chi connectivity index (χ4v) is 2.62. The van der Waals surface area contributed by atoms with Crippen molar-refractivity contribution in [3.05, 3.63) is 35.9 Å². The van der Waals surface area contributed by atoms with Gasteiger partial charge in [-0.3, -0.25) is 4.79 Å². The van der Waals surface area contributed by atoms with Gasteiger partial charge in [-0.05, 0) is 38.7 Å². The molecule has 1 aromatic carbocycles. The molecule has 2 atom stereocenters. The molecule has 2 rings (SSSR count). The van der Waals surface area contributed by atoms with Crippen molar-refractivity contribution < 1.29 is 9.53 Å². The van der Waals surface area contributed by atoms with Crippen LogP contribution in [0.5, 0.6) is 0 Å². The van der Waals surface area contributed by atoms with E-state index in [9.17, 15) is 4.79 Å². The largest absolute Gasteiger partial charge is 0.375 e. The zero-order valence-electron chi connectivity index (χ0n) is 12.3. The smallest absolute Gasteiger partial charge is 0.237 e. The number of benzene rings is 1. The maximum Gasteiger partial charge on any atom is 0.237 e. The molecule has 0 radical (unpaired) electrons. The van der Waals surface area contributed by atoms with Crippen LogP contribution < -0.4 is 11.1 Å². The molecule has 0 spiro atoms. The molecule has 20 heavy (non-hydrogen) atoms. The molecule has 0 saturated carbocycles. The van der Waals surface area contributed by atoms with Gasteiger partial charge in [-0.2, -0.15) is 0 Å². The predicted octanol–water partition coefficient (Wildman–Crippen LogP) is 1.63. The van der Waals surface area contributed by atoms with Crippen LogP contribution in [-0.4, -0.2) is 30.2 Å². The quantitative estimate of drug-likeness (QED) is 0.878. The van der Waals surface area contributed by atoms with Crippen molar-refractivity contribution in [2.45, 2.75) is 50.8 Å². The van der Waals surface area contributed by atoms with E-state index in [-0.39, 0.29) is 17.6 Å². The molecular weight excluding hydrogens is 252 g/mol. The molecule has 4 heteroatoms.